The molecule has 0 bridgehead atoms. The van der Waals surface area contributed by atoms with Crippen LogP contribution in [0, 0.1) is 0 Å². The fourth-order valence-electron chi connectivity index (χ4n) is 0.656. The van der Waals surface area contributed by atoms with Crippen molar-refractivity contribution < 1.29 is 4.42 Å². The van der Waals surface area contributed by atoms with Crippen molar-refractivity contribution in [2.45, 2.75) is 0 Å². The van der Waals surface area contributed by atoms with Gasteiger partial charge in [-0.15, -0.1) is 0 Å². The van der Waals surface area contributed by atoms with Crippen LogP contribution in [-0.2, 0) is 0 Å². The van der Waals surface area contributed by atoms with Crippen LogP contribution in [0.3, 0.4) is 0 Å². The van der Waals surface area contributed by atoms with E-state index in [1.54, 1.807) is 6.20 Å². The summed E-state index contributed by atoms with van der Waals surface area (Å²) in [4.78, 5) is 7.64. The Morgan fingerprint density at radius 1 is 1.55 bits per heavy atom. The zero-order valence-corrected chi connectivity index (χ0v) is 6.21. The molecule has 0 aliphatic heterocycles. The van der Waals surface area contributed by atoms with E-state index in [0.29, 0.717) is 10.8 Å². The van der Waals surface area contributed by atoms with Crippen molar-refractivity contribution in [3.8, 4) is 10.8 Å². The molecule has 0 atom stereocenters. The smallest absolute Gasteiger partial charge is 0.232 e. The van der Waals surface area contributed by atoms with Gasteiger partial charge in [0.2, 0.25) is 5.95 Å². The van der Waals surface area contributed by atoms with Gasteiger partial charge in [0.15, 0.2) is 17.2 Å². The fraction of sp³-hybridized carbons (Fsp3) is 0. The van der Waals surface area contributed by atoms with Crippen LogP contribution in [0.1, 0.15) is 0 Å². The third-order valence-electron chi connectivity index (χ3n) is 1.08. The molecule has 2 N–H and O–H groups in total. The van der Waals surface area contributed by atoms with Gasteiger partial charge in [0, 0.05) is 0 Å². The SMILES string of the molecule is Nc1nsc(-c2cnco2)n1. The molecule has 6 heteroatoms. The van der Waals surface area contributed by atoms with Gasteiger partial charge in [-0.2, -0.15) is 9.36 Å². The highest BCUT2D eigenvalue weighted by molar-refractivity contribution is 7.09. The zero-order chi connectivity index (χ0) is 7.68. The molecule has 0 unspecified atom stereocenters. The number of oxazole rings is 1. The van der Waals surface area contributed by atoms with Gasteiger partial charge in [-0.05, 0) is 11.5 Å². The van der Waals surface area contributed by atoms with Gasteiger partial charge in [0.25, 0.3) is 0 Å². The third kappa shape index (κ3) is 1.07. The zero-order valence-electron chi connectivity index (χ0n) is 5.39. The van der Waals surface area contributed by atoms with Crippen molar-refractivity contribution in [1.29, 1.82) is 0 Å². The quantitative estimate of drug-likeness (QED) is 0.680. The molecule has 0 aliphatic rings. The molecular weight excluding hydrogens is 164 g/mol. The summed E-state index contributed by atoms with van der Waals surface area (Å²) < 4.78 is 8.77. The number of aromatic nitrogens is 3. The molecular formula is C5H4N4OS. The lowest BCUT2D eigenvalue weighted by Crippen LogP contribution is -1.84. The molecule has 0 fully saturated rings. The van der Waals surface area contributed by atoms with Gasteiger partial charge in [-0.3, -0.25) is 0 Å². The molecule has 0 aliphatic carbocycles. The molecule has 2 heterocycles. The lowest BCUT2D eigenvalue weighted by atomic mass is 10.5. The number of nitrogens with two attached hydrogens (primary N) is 1. The summed E-state index contributed by atoms with van der Waals surface area (Å²) in [5.41, 5.74) is 5.31. The highest BCUT2D eigenvalue weighted by Gasteiger charge is 2.06. The Labute approximate surface area is 66.1 Å². The molecule has 0 amide bonds. The highest BCUT2D eigenvalue weighted by Crippen LogP contribution is 2.20. The summed E-state index contributed by atoms with van der Waals surface area (Å²) in [6.45, 7) is 0. The Kier molecular flexibility index (Phi) is 1.32. The lowest BCUT2D eigenvalue weighted by Gasteiger charge is -1.81. The molecule has 56 valence electrons. The summed E-state index contributed by atoms with van der Waals surface area (Å²) in [7, 11) is 0. The summed E-state index contributed by atoms with van der Waals surface area (Å²) >= 11 is 1.19. The first-order chi connectivity index (χ1) is 5.36. The van der Waals surface area contributed by atoms with Crippen molar-refractivity contribution in [2.24, 2.45) is 0 Å². The first-order valence-corrected chi connectivity index (χ1v) is 3.61. The third-order valence-corrected chi connectivity index (χ3v) is 1.83. The van der Waals surface area contributed by atoms with Crippen LogP contribution in [0.2, 0.25) is 0 Å². The maximum atomic E-state index is 5.31. The van der Waals surface area contributed by atoms with Gasteiger partial charge >= 0.3 is 0 Å². The molecule has 0 spiro atoms. The number of nitrogen functional groups attached to an aromatic ring is 1. The van der Waals surface area contributed by atoms with Crippen molar-refractivity contribution in [3.05, 3.63) is 12.6 Å². The minimum Gasteiger partial charge on any atom is -0.441 e. The minimum absolute atomic E-state index is 0.265. The van der Waals surface area contributed by atoms with Gasteiger partial charge in [-0.25, -0.2) is 4.98 Å². The van der Waals surface area contributed by atoms with Crippen molar-refractivity contribution in [1.82, 2.24) is 14.3 Å². The van der Waals surface area contributed by atoms with E-state index in [2.05, 4.69) is 14.3 Å². The monoisotopic (exact) mass is 168 g/mol. The molecule has 2 aromatic heterocycles. The van der Waals surface area contributed by atoms with E-state index in [4.69, 9.17) is 10.2 Å². The second kappa shape index (κ2) is 2.31. The maximum absolute atomic E-state index is 5.31. The summed E-state index contributed by atoms with van der Waals surface area (Å²) in [5, 5.41) is 0.653. The molecule has 5 nitrogen and oxygen atoms in total. The number of rotatable bonds is 1. The summed E-state index contributed by atoms with van der Waals surface area (Å²) in [5.74, 6) is 0.862. The van der Waals surface area contributed by atoms with E-state index in [9.17, 15) is 0 Å². The average molecular weight is 168 g/mol. The van der Waals surface area contributed by atoms with Crippen LogP contribution >= 0.6 is 11.5 Å². The summed E-state index contributed by atoms with van der Waals surface area (Å²) in [6, 6.07) is 0. The first-order valence-electron chi connectivity index (χ1n) is 2.84. The normalized spacial score (nSPS) is 10.2. The predicted octanol–water partition coefficient (Wildman–Crippen LogP) is 0.775. The lowest BCUT2D eigenvalue weighted by molar-refractivity contribution is 0.571. The predicted molar refractivity (Wildman–Crippen MR) is 39.8 cm³/mol. The second-order valence-electron chi connectivity index (χ2n) is 1.82. The van der Waals surface area contributed by atoms with Crippen LogP contribution in [0.4, 0.5) is 5.95 Å². The van der Waals surface area contributed by atoms with Crippen LogP contribution in [0.15, 0.2) is 17.0 Å². The topological polar surface area (TPSA) is 77.8 Å². The Balaban J connectivity index is 2.45. The van der Waals surface area contributed by atoms with Crippen molar-refractivity contribution >= 4 is 17.5 Å². The van der Waals surface area contributed by atoms with Crippen LogP contribution < -0.4 is 5.73 Å². The van der Waals surface area contributed by atoms with Crippen LogP contribution in [0.25, 0.3) is 10.8 Å². The van der Waals surface area contributed by atoms with Gasteiger partial charge in [-0.1, -0.05) is 0 Å². The Bertz CT molecular complexity index is 341. The fourth-order valence-corrected chi connectivity index (χ4v) is 1.20. The number of nitrogens with zero attached hydrogens (tertiary/aromatic N) is 3. The standard InChI is InChI=1S/C5H4N4OS/c6-5-8-4(11-9-5)3-1-7-2-10-3/h1-2H,(H2,6,9). The number of anilines is 1. The average Bonchev–Trinajstić information content (AvgIpc) is 2.55. The molecule has 0 saturated heterocycles. The Hall–Kier alpha value is -1.43. The van der Waals surface area contributed by atoms with Gasteiger partial charge < -0.3 is 10.2 Å². The molecule has 2 rings (SSSR count). The number of hydrogen-bond acceptors (Lipinski definition) is 6. The number of hydrogen-bond donors (Lipinski definition) is 1. The molecule has 2 aromatic rings. The van der Waals surface area contributed by atoms with E-state index in [1.807, 2.05) is 0 Å². The van der Waals surface area contributed by atoms with Crippen molar-refractivity contribution in [2.75, 3.05) is 5.73 Å². The first kappa shape index (κ1) is 6.29. The van der Waals surface area contributed by atoms with E-state index in [0.717, 1.165) is 0 Å². The molecule has 0 saturated carbocycles. The van der Waals surface area contributed by atoms with Crippen LogP contribution in [-0.4, -0.2) is 14.3 Å². The summed E-state index contributed by atoms with van der Waals surface area (Å²) in [6.07, 6.45) is 2.91. The van der Waals surface area contributed by atoms with Gasteiger partial charge in [0.1, 0.15) is 0 Å². The molecule has 0 aromatic carbocycles. The van der Waals surface area contributed by atoms with E-state index < -0.39 is 0 Å². The molecule has 11 heavy (non-hydrogen) atoms. The Morgan fingerprint density at radius 3 is 3.00 bits per heavy atom. The molecule has 0 radical (unpaired) electrons. The van der Waals surface area contributed by atoms with Gasteiger partial charge in [0.05, 0.1) is 6.20 Å². The highest BCUT2D eigenvalue weighted by atomic mass is 32.1. The van der Waals surface area contributed by atoms with E-state index in [1.165, 1.54) is 17.9 Å². The minimum atomic E-state index is 0.265. The van der Waals surface area contributed by atoms with Crippen molar-refractivity contribution in [3.63, 3.8) is 0 Å². The van der Waals surface area contributed by atoms with E-state index >= 15 is 0 Å². The second-order valence-corrected chi connectivity index (χ2v) is 2.58. The largest absolute Gasteiger partial charge is 0.441 e. The maximum Gasteiger partial charge on any atom is 0.232 e. The Morgan fingerprint density at radius 2 is 2.45 bits per heavy atom. The van der Waals surface area contributed by atoms with E-state index in [-0.39, 0.29) is 5.95 Å². The van der Waals surface area contributed by atoms with Crippen LogP contribution in [0.5, 0.6) is 0 Å².